The summed E-state index contributed by atoms with van der Waals surface area (Å²) >= 11 is 5.89. The molecule has 0 bridgehead atoms. The van der Waals surface area contributed by atoms with Crippen LogP contribution in [0.4, 0.5) is 0 Å². The van der Waals surface area contributed by atoms with Crippen molar-refractivity contribution in [3.63, 3.8) is 0 Å². The van der Waals surface area contributed by atoms with E-state index in [4.69, 9.17) is 16.1 Å². The molecule has 0 saturated heterocycles. The molecule has 0 radical (unpaired) electrons. The topological polar surface area (TPSA) is 71.8 Å². The maximum absolute atomic E-state index is 12.2. The lowest BCUT2D eigenvalue weighted by Crippen LogP contribution is -2.15. The zero-order chi connectivity index (χ0) is 16.5. The summed E-state index contributed by atoms with van der Waals surface area (Å²) in [6.45, 7) is 0. The van der Waals surface area contributed by atoms with Crippen LogP contribution in [0.15, 0.2) is 63.9 Å². The number of para-hydroxylation sites is 2. The Bertz CT molecular complexity index is 1070. The number of rotatable bonds is 3. The van der Waals surface area contributed by atoms with Gasteiger partial charge in [0.15, 0.2) is 0 Å². The SMILES string of the molecule is O=c1[nH]c2ccccc2nc1Cc1cc(-c2ccc(Cl)cc2)no1. The molecule has 0 amide bonds. The Balaban J connectivity index is 1.65. The summed E-state index contributed by atoms with van der Waals surface area (Å²) in [6.07, 6.45) is 0.279. The molecule has 5 nitrogen and oxygen atoms in total. The molecule has 0 aliphatic heterocycles. The van der Waals surface area contributed by atoms with Gasteiger partial charge in [0.1, 0.15) is 17.1 Å². The molecule has 2 heterocycles. The van der Waals surface area contributed by atoms with Gasteiger partial charge in [-0.25, -0.2) is 4.98 Å². The summed E-state index contributed by atoms with van der Waals surface area (Å²) in [4.78, 5) is 19.4. The van der Waals surface area contributed by atoms with Crippen molar-refractivity contribution >= 4 is 22.6 Å². The third-order valence-corrected chi connectivity index (χ3v) is 3.96. The minimum Gasteiger partial charge on any atom is -0.360 e. The van der Waals surface area contributed by atoms with E-state index in [1.54, 1.807) is 18.2 Å². The van der Waals surface area contributed by atoms with Gasteiger partial charge in [-0.05, 0) is 24.3 Å². The normalized spacial score (nSPS) is 11.0. The molecule has 0 unspecified atom stereocenters. The van der Waals surface area contributed by atoms with Gasteiger partial charge in [0.25, 0.3) is 5.56 Å². The molecule has 6 heteroatoms. The highest BCUT2D eigenvalue weighted by Crippen LogP contribution is 2.22. The monoisotopic (exact) mass is 337 g/mol. The summed E-state index contributed by atoms with van der Waals surface area (Å²) in [5.41, 5.74) is 3.22. The molecule has 0 saturated carbocycles. The van der Waals surface area contributed by atoms with E-state index in [9.17, 15) is 4.79 Å². The third-order valence-electron chi connectivity index (χ3n) is 3.71. The number of aromatic amines is 1. The van der Waals surface area contributed by atoms with Crippen LogP contribution in [0.2, 0.25) is 5.02 Å². The fourth-order valence-electron chi connectivity index (χ4n) is 2.51. The summed E-state index contributed by atoms with van der Waals surface area (Å²) in [7, 11) is 0. The van der Waals surface area contributed by atoms with Crippen molar-refractivity contribution in [2.45, 2.75) is 6.42 Å². The van der Waals surface area contributed by atoms with Crippen LogP contribution in [-0.4, -0.2) is 15.1 Å². The van der Waals surface area contributed by atoms with Crippen LogP contribution in [0.25, 0.3) is 22.3 Å². The standard InChI is InChI=1S/C18H12ClN3O2/c19-12-7-5-11(6-8-12)16-9-13(24-22-16)10-17-18(23)21-15-4-2-1-3-14(15)20-17/h1-9H,10H2,(H,21,23). The van der Waals surface area contributed by atoms with Gasteiger partial charge in [0, 0.05) is 16.7 Å². The lowest BCUT2D eigenvalue weighted by atomic mass is 10.1. The molecule has 2 aromatic carbocycles. The molecule has 4 aromatic rings. The predicted molar refractivity (Wildman–Crippen MR) is 92.1 cm³/mol. The van der Waals surface area contributed by atoms with Gasteiger partial charge in [-0.3, -0.25) is 4.79 Å². The Labute approximate surface area is 141 Å². The minimum atomic E-state index is -0.224. The first-order chi connectivity index (χ1) is 11.7. The quantitative estimate of drug-likeness (QED) is 0.617. The van der Waals surface area contributed by atoms with Crippen molar-refractivity contribution in [3.8, 4) is 11.3 Å². The van der Waals surface area contributed by atoms with E-state index in [0.29, 0.717) is 27.7 Å². The van der Waals surface area contributed by atoms with E-state index in [-0.39, 0.29) is 12.0 Å². The van der Waals surface area contributed by atoms with Crippen LogP contribution in [0.1, 0.15) is 11.5 Å². The van der Waals surface area contributed by atoms with E-state index >= 15 is 0 Å². The Morgan fingerprint density at radius 2 is 1.88 bits per heavy atom. The van der Waals surface area contributed by atoms with Crippen LogP contribution < -0.4 is 5.56 Å². The highest BCUT2D eigenvalue weighted by molar-refractivity contribution is 6.30. The lowest BCUT2D eigenvalue weighted by molar-refractivity contribution is 0.390. The van der Waals surface area contributed by atoms with Crippen molar-refractivity contribution in [2.24, 2.45) is 0 Å². The molecule has 1 N–H and O–H groups in total. The van der Waals surface area contributed by atoms with E-state index < -0.39 is 0 Å². The van der Waals surface area contributed by atoms with Crippen molar-refractivity contribution in [1.29, 1.82) is 0 Å². The summed E-state index contributed by atoms with van der Waals surface area (Å²) in [5, 5.41) is 4.71. The van der Waals surface area contributed by atoms with Crippen molar-refractivity contribution in [1.82, 2.24) is 15.1 Å². The predicted octanol–water partition coefficient (Wildman–Crippen LogP) is 3.82. The molecule has 4 rings (SSSR count). The third kappa shape index (κ3) is 2.81. The summed E-state index contributed by atoms with van der Waals surface area (Å²) in [6, 6.07) is 16.5. The minimum absolute atomic E-state index is 0.224. The number of hydrogen-bond acceptors (Lipinski definition) is 4. The van der Waals surface area contributed by atoms with Gasteiger partial charge >= 0.3 is 0 Å². The molecule has 118 valence electrons. The van der Waals surface area contributed by atoms with E-state index in [1.165, 1.54) is 0 Å². The number of fused-ring (bicyclic) bond motifs is 1. The molecule has 0 spiro atoms. The zero-order valence-corrected chi connectivity index (χ0v) is 13.2. The smallest absolute Gasteiger partial charge is 0.270 e. The number of nitrogens with one attached hydrogen (secondary N) is 1. The summed E-state index contributed by atoms with van der Waals surface area (Å²) < 4.78 is 5.34. The average molecular weight is 338 g/mol. The van der Waals surface area contributed by atoms with Crippen LogP contribution in [-0.2, 0) is 6.42 Å². The van der Waals surface area contributed by atoms with E-state index in [2.05, 4.69) is 15.1 Å². The fraction of sp³-hybridized carbons (Fsp3) is 0.0556. The Morgan fingerprint density at radius 3 is 2.71 bits per heavy atom. The van der Waals surface area contributed by atoms with E-state index in [0.717, 1.165) is 11.1 Å². The van der Waals surface area contributed by atoms with Crippen molar-refractivity contribution < 1.29 is 4.52 Å². The second-order valence-corrected chi connectivity index (χ2v) is 5.83. The van der Waals surface area contributed by atoms with Crippen LogP contribution >= 0.6 is 11.6 Å². The molecule has 0 aliphatic rings. The van der Waals surface area contributed by atoms with Crippen LogP contribution in [0, 0.1) is 0 Å². The largest absolute Gasteiger partial charge is 0.360 e. The van der Waals surface area contributed by atoms with Gasteiger partial charge in [0.05, 0.1) is 17.5 Å². The summed E-state index contributed by atoms with van der Waals surface area (Å²) in [5.74, 6) is 0.577. The first kappa shape index (κ1) is 14.7. The van der Waals surface area contributed by atoms with Gasteiger partial charge in [0.2, 0.25) is 0 Å². The second kappa shape index (κ2) is 5.94. The molecule has 0 atom stereocenters. The highest BCUT2D eigenvalue weighted by Gasteiger charge is 2.11. The van der Waals surface area contributed by atoms with Gasteiger partial charge < -0.3 is 9.51 Å². The molecule has 24 heavy (non-hydrogen) atoms. The molecular weight excluding hydrogens is 326 g/mol. The maximum atomic E-state index is 12.2. The van der Waals surface area contributed by atoms with Crippen LogP contribution in [0.3, 0.4) is 0 Å². The molecule has 2 aromatic heterocycles. The Morgan fingerprint density at radius 1 is 1.08 bits per heavy atom. The first-order valence-electron chi connectivity index (χ1n) is 7.38. The van der Waals surface area contributed by atoms with Gasteiger partial charge in [-0.15, -0.1) is 0 Å². The second-order valence-electron chi connectivity index (χ2n) is 5.39. The average Bonchev–Trinajstić information content (AvgIpc) is 3.05. The highest BCUT2D eigenvalue weighted by atomic mass is 35.5. The number of H-pyrrole nitrogens is 1. The zero-order valence-electron chi connectivity index (χ0n) is 12.5. The fourth-order valence-corrected chi connectivity index (χ4v) is 2.63. The van der Waals surface area contributed by atoms with Crippen molar-refractivity contribution in [3.05, 3.63) is 81.4 Å². The van der Waals surface area contributed by atoms with E-state index in [1.807, 2.05) is 36.4 Å². The number of hydrogen-bond donors (Lipinski definition) is 1. The molecule has 0 aliphatic carbocycles. The number of nitrogens with zero attached hydrogens (tertiary/aromatic N) is 2. The van der Waals surface area contributed by atoms with Crippen molar-refractivity contribution in [2.75, 3.05) is 0 Å². The Hall–Kier alpha value is -2.92. The number of benzene rings is 2. The van der Waals surface area contributed by atoms with Crippen LogP contribution in [0.5, 0.6) is 0 Å². The van der Waals surface area contributed by atoms with Gasteiger partial charge in [-0.1, -0.05) is 41.0 Å². The number of aromatic nitrogens is 3. The maximum Gasteiger partial charge on any atom is 0.270 e. The molecule has 0 fully saturated rings. The molecular formula is C18H12ClN3O2. The number of halogens is 1. The lowest BCUT2D eigenvalue weighted by Gasteiger charge is -2.00. The van der Waals surface area contributed by atoms with Gasteiger partial charge in [-0.2, -0.15) is 0 Å². The first-order valence-corrected chi connectivity index (χ1v) is 7.76. The Kier molecular flexibility index (Phi) is 3.63.